The van der Waals surface area contributed by atoms with Gasteiger partial charge in [-0.3, -0.25) is 0 Å². The van der Waals surface area contributed by atoms with E-state index in [-0.39, 0.29) is 48.1 Å². The molecule has 0 aliphatic rings. The number of aromatic nitrogens is 2. The van der Waals surface area contributed by atoms with Crippen LogP contribution in [0.15, 0.2) is 33.8 Å². The van der Waals surface area contributed by atoms with E-state index in [2.05, 4.69) is 25.2 Å². The van der Waals surface area contributed by atoms with Crippen LogP contribution in [0, 0.1) is 0 Å². The first-order valence-corrected chi connectivity index (χ1v) is 7.94. The second kappa shape index (κ2) is 10.3. The molecule has 0 aliphatic heterocycles. The van der Waals surface area contributed by atoms with E-state index < -0.39 is 6.36 Å². The summed E-state index contributed by atoms with van der Waals surface area (Å²) in [5, 5.41) is 6.77. The molecule has 7 nitrogen and oxygen atoms in total. The van der Waals surface area contributed by atoms with E-state index in [1.165, 1.54) is 24.3 Å². The van der Waals surface area contributed by atoms with Gasteiger partial charge < -0.3 is 20.3 Å². The van der Waals surface area contributed by atoms with Crippen molar-refractivity contribution in [1.82, 2.24) is 15.5 Å². The second-order valence-electron chi connectivity index (χ2n) is 5.77. The van der Waals surface area contributed by atoms with Gasteiger partial charge in [0.25, 0.3) is 0 Å². The Labute approximate surface area is 171 Å². The number of nitrogens with two attached hydrogens (primary N) is 1. The second-order valence-corrected chi connectivity index (χ2v) is 5.77. The smallest absolute Gasteiger partial charge is 0.406 e. The molecule has 0 atom stereocenters. The zero-order chi connectivity index (χ0) is 19.2. The van der Waals surface area contributed by atoms with Gasteiger partial charge in [-0.25, -0.2) is 4.99 Å². The molecule has 0 aliphatic carbocycles. The highest BCUT2D eigenvalue weighted by molar-refractivity contribution is 14.0. The van der Waals surface area contributed by atoms with Gasteiger partial charge in [-0.1, -0.05) is 31.1 Å². The van der Waals surface area contributed by atoms with Crippen LogP contribution >= 0.6 is 24.0 Å². The van der Waals surface area contributed by atoms with E-state index in [1.807, 2.05) is 13.8 Å². The number of hydrogen-bond donors (Lipinski definition) is 2. The summed E-state index contributed by atoms with van der Waals surface area (Å²) in [5.41, 5.74) is 6.45. The first-order valence-electron chi connectivity index (χ1n) is 7.94. The molecule has 1 heterocycles. The van der Waals surface area contributed by atoms with E-state index in [0.717, 1.165) is 0 Å². The Morgan fingerprint density at radius 3 is 2.52 bits per heavy atom. The van der Waals surface area contributed by atoms with Crippen molar-refractivity contribution in [3.63, 3.8) is 0 Å². The summed E-state index contributed by atoms with van der Waals surface area (Å²) in [6.45, 7) is 4.63. The van der Waals surface area contributed by atoms with Crippen LogP contribution in [0.5, 0.6) is 5.75 Å². The van der Waals surface area contributed by atoms with Crippen molar-refractivity contribution in [2.45, 2.75) is 39.1 Å². The topological polar surface area (TPSA) is 98.6 Å². The van der Waals surface area contributed by atoms with E-state index in [0.29, 0.717) is 30.2 Å². The van der Waals surface area contributed by atoms with Gasteiger partial charge in [0.2, 0.25) is 5.89 Å². The van der Waals surface area contributed by atoms with Crippen LogP contribution in [0.25, 0.3) is 0 Å². The zero-order valence-corrected chi connectivity index (χ0v) is 17.1. The van der Waals surface area contributed by atoms with Crippen LogP contribution in [0.1, 0.15) is 37.0 Å². The van der Waals surface area contributed by atoms with Crippen LogP contribution in [-0.4, -0.2) is 29.0 Å². The van der Waals surface area contributed by atoms with Gasteiger partial charge in [0.05, 0.1) is 6.54 Å². The number of guanidine groups is 1. The van der Waals surface area contributed by atoms with Crippen LogP contribution in [0.2, 0.25) is 0 Å². The molecule has 27 heavy (non-hydrogen) atoms. The average Bonchev–Trinajstić information content (AvgIpc) is 3.02. The number of aliphatic imine (C=N–C) groups is 1. The Kier molecular flexibility index (Phi) is 8.79. The lowest BCUT2D eigenvalue weighted by molar-refractivity contribution is -0.274. The summed E-state index contributed by atoms with van der Waals surface area (Å²) in [6, 6.07) is 5.43. The van der Waals surface area contributed by atoms with E-state index in [1.54, 1.807) is 0 Å². The van der Waals surface area contributed by atoms with E-state index >= 15 is 0 Å². The molecule has 1 aromatic carbocycles. The van der Waals surface area contributed by atoms with Crippen molar-refractivity contribution in [3.05, 3.63) is 41.5 Å². The first kappa shape index (κ1) is 23.0. The Morgan fingerprint density at radius 1 is 1.30 bits per heavy atom. The molecule has 0 amide bonds. The van der Waals surface area contributed by atoms with Crippen molar-refractivity contribution >= 4 is 29.9 Å². The number of nitrogens with zero attached hydrogens (tertiary/aromatic N) is 3. The van der Waals surface area contributed by atoms with Crippen molar-refractivity contribution in [3.8, 4) is 5.75 Å². The van der Waals surface area contributed by atoms with Gasteiger partial charge in [0.15, 0.2) is 11.8 Å². The summed E-state index contributed by atoms with van der Waals surface area (Å²) in [6.07, 6.45) is -4.21. The summed E-state index contributed by atoms with van der Waals surface area (Å²) >= 11 is 0. The Bertz CT molecular complexity index is 732. The van der Waals surface area contributed by atoms with Crippen molar-refractivity contribution in [2.24, 2.45) is 10.7 Å². The third kappa shape index (κ3) is 8.45. The van der Waals surface area contributed by atoms with Crippen LogP contribution < -0.4 is 15.8 Å². The molecular weight excluding hydrogens is 478 g/mol. The molecule has 2 aromatic rings. The summed E-state index contributed by atoms with van der Waals surface area (Å²) < 4.78 is 45.2. The van der Waals surface area contributed by atoms with Gasteiger partial charge in [-0.2, -0.15) is 4.98 Å². The minimum absolute atomic E-state index is 0. The fraction of sp³-hybridized carbons (Fsp3) is 0.438. The zero-order valence-electron chi connectivity index (χ0n) is 14.8. The third-order valence-electron chi connectivity index (χ3n) is 3.23. The van der Waals surface area contributed by atoms with Crippen molar-refractivity contribution < 1.29 is 22.4 Å². The maximum Gasteiger partial charge on any atom is 0.573 e. The molecule has 0 radical (unpaired) electrons. The SMILES string of the molecule is CC(C)c1noc(CCNC(N)=NCc2ccc(OC(F)(F)F)cc2)n1.I. The average molecular weight is 499 g/mol. The molecule has 0 bridgehead atoms. The number of benzene rings is 1. The van der Waals surface area contributed by atoms with Gasteiger partial charge in [-0.15, -0.1) is 37.1 Å². The van der Waals surface area contributed by atoms with Gasteiger partial charge in [-0.05, 0) is 17.7 Å². The normalized spacial score (nSPS) is 12.0. The first-order chi connectivity index (χ1) is 12.2. The number of rotatable bonds is 7. The summed E-state index contributed by atoms with van der Waals surface area (Å²) in [7, 11) is 0. The molecule has 150 valence electrons. The quantitative estimate of drug-likeness (QED) is 0.345. The lowest BCUT2D eigenvalue weighted by Crippen LogP contribution is -2.33. The predicted octanol–water partition coefficient (Wildman–Crippen LogP) is 3.36. The molecule has 1 aromatic heterocycles. The van der Waals surface area contributed by atoms with Gasteiger partial charge >= 0.3 is 6.36 Å². The van der Waals surface area contributed by atoms with Crippen molar-refractivity contribution in [2.75, 3.05) is 6.54 Å². The minimum Gasteiger partial charge on any atom is -0.406 e. The highest BCUT2D eigenvalue weighted by Gasteiger charge is 2.30. The Hall–Kier alpha value is -2.05. The standard InChI is InChI=1S/C16H20F3N5O2.HI/c1-10(2)14-23-13(26-24-14)7-8-21-15(20)22-9-11-3-5-12(6-4-11)25-16(17,18)19;/h3-6,10H,7-9H2,1-2H3,(H3,20,21,22);1H. The van der Waals surface area contributed by atoms with Crippen LogP contribution in [0.3, 0.4) is 0 Å². The Morgan fingerprint density at radius 2 is 1.96 bits per heavy atom. The molecule has 2 rings (SSSR count). The number of hydrogen-bond acceptors (Lipinski definition) is 5. The highest BCUT2D eigenvalue weighted by Crippen LogP contribution is 2.22. The maximum atomic E-state index is 12.1. The third-order valence-corrected chi connectivity index (χ3v) is 3.23. The fourth-order valence-electron chi connectivity index (χ4n) is 1.93. The molecule has 0 fully saturated rings. The molecule has 0 unspecified atom stereocenters. The van der Waals surface area contributed by atoms with E-state index in [4.69, 9.17) is 10.3 Å². The number of ether oxygens (including phenoxy) is 1. The number of alkyl halides is 3. The summed E-state index contributed by atoms with van der Waals surface area (Å²) in [4.78, 5) is 8.36. The highest BCUT2D eigenvalue weighted by atomic mass is 127. The van der Waals surface area contributed by atoms with Gasteiger partial charge in [0, 0.05) is 18.9 Å². The molecule has 3 N–H and O–H groups in total. The van der Waals surface area contributed by atoms with Crippen LogP contribution in [-0.2, 0) is 13.0 Å². The molecule has 0 saturated carbocycles. The fourth-order valence-corrected chi connectivity index (χ4v) is 1.93. The van der Waals surface area contributed by atoms with Crippen LogP contribution in [0.4, 0.5) is 13.2 Å². The van der Waals surface area contributed by atoms with E-state index in [9.17, 15) is 13.2 Å². The molecule has 0 saturated heterocycles. The maximum absolute atomic E-state index is 12.1. The van der Waals surface area contributed by atoms with Crippen molar-refractivity contribution in [1.29, 1.82) is 0 Å². The largest absolute Gasteiger partial charge is 0.573 e. The summed E-state index contributed by atoms with van der Waals surface area (Å²) in [5.74, 6) is 1.29. The Balaban J connectivity index is 0.00000364. The lowest BCUT2D eigenvalue weighted by atomic mass is 10.2. The predicted molar refractivity (Wildman–Crippen MR) is 104 cm³/mol. The minimum atomic E-state index is -4.71. The molecular formula is C16H21F3IN5O2. The molecule has 11 heteroatoms. The monoisotopic (exact) mass is 499 g/mol. The van der Waals surface area contributed by atoms with Gasteiger partial charge in [0.1, 0.15) is 5.75 Å². The molecule has 0 spiro atoms. The lowest BCUT2D eigenvalue weighted by Gasteiger charge is -2.09. The number of nitrogens with one attached hydrogen (secondary N) is 1. The number of halogens is 4.